The molecule has 42 heavy (non-hydrogen) atoms. The van der Waals surface area contributed by atoms with Gasteiger partial charge in [-0.1, -0.05) is 37.6 Å². The minimum atomic E-state index is -1.13. The number of carbonyl (C=O) groups is 3. The van der Waals surface area contributed by atoms with Crippen LogP contribution in [0.4, 0.5) is 10.1 Å². The highest BCUT2D eigenvalue weighted by Gasteiger charge is 2.48. The normalized spacial score (nSPS) is 19.6. The van der Waals surface area contributed by atoms with Gasteiger partial charge in [-0.15, -0.1) is 0 Å². The van der Waals surface area contributed by atoms with E-state index in [1.165, 1.54) is 18.2 Å². The highest BCUT2D eigenvalue weighted by molar-refractivity contribution is 6.30. The number of rotatable bonds is 9. The molecular weight excluding hydrogens is 567 g/mol. The van der Waals surface area contributed by atoms with Gasteiger partial charge in [0, 0.05) is 29.2 Å². The van der Waals surface area contributed by atoms with Gasteiger partial charge in [0.1, 0.15) is 0 Å². The van der Waals surface area contributed by atoms with Crippen molar-refractivity contribution < 1.29 is 38.5 Å². The summed E-state index contributed by atoms with van der Waals surface area (Å²) in [5, 5.41) is 23.4. The number of anilines is 1. The molecular formula is C31H30ClFN2O7. The first-order valence-electron chi connectivity index (χ1n) is 13.6. The van der Waals surface area contributed by atoms with E-state index in [9.17, 15) is 29.0 Å². The minimum absolute atomic E-state index is 0.0258. The molecule has 0 saturated carbocycles. The van der Waals surface area contributed by atoms with E-state index in [0.29, 0.717) is 34.7 Å². The molecule has 9 nitrogen and oxygen atoms in total. The Morgan fingerprint density at radius 1 is 1.00 bits per heavy atom. The number of fused-ring (bicyclic) bond motifs is 1. The molecule has 11 heteroatoms. The molecule has 2 aliphatic rings. The molecule has 1 saturated heterocycles. The fourth-order valence-electron chi connectivity index (χ4n) is 5.96. The van der Waals surface area contributed by atoms with Crippen molar-refractivity contribution in [3.05, 3.63) is 87.2 Å². The highest BCUT2D eigenvalue weighted by atomic mass is 35.5. The molecule has 0 aliphatic carbocycles. The summed E-state index contributed by atoms with van der Waals surface area (Å²) in [5.74, 6) is -4.89. The van der Waals surface area contributed by atoms with Crippen molar-refractivity contribution in [1.29, 1.82) is 0 Å². The van der Waals surface area contributed by atoms with Crippen molar-refractivity contribution in [2.45, 2.75) is 38.6 Å². The van der Waals surface area contributed by atoms with Crippen LogP contribution in [0.3, 0.4) is 0 Å². The van der Waals surface area contributed by atoms with Gasteiger partial charge in [0.15, 0.2) is 11.6 Å². The molecule has 3 N–H and O–H groups in total. The number of hydrogen-bond acceptors (Lipinski definition) is 6. The number of benzene rings is 3. The second-order valence-corrected chi connectivity index (χ2v) is 10.8. The first-order valence-corrected chi connectivity index (χ1v) is 14.0. The lowest BCUT2D eigenvalue weighted by atomic mass is 9.82. The van der Waals surface area contributed by atoms with Gasteiger partial charge in [-0.2, -0.15) is 0 Å². The number of amides is 1. The van der Waals surface area contributed by atoms with Crippen LogP contribution in [0.25, 0.3) is 0 Å². The molecule has 1 amide bonds. The maximum Gasteiger partial charge on any atom is 0.335 e. The van der Waals surface area contributed by atoms with E-state index in [2.05, 4.69) is 5.32 Å². The number of nitrogens with one attached hydrogen (secondary N) is 1. The SMILES string of the molecule is CCc1cc(Cl)cc(CC)c1NC(=O)CN1C[C@H](c2cc(F)c3c(c2)OCO3)C(C(=O)O)[C@@H]1c1ccc(C(=O)O)cc1. The van der Waals surface area contributed by atoms with Crippen molar-refractivity contribution in [2.24, 2.45) is 5.92 Å². The molecule has 1 fully saturated rings. The number of aryl methyl sites for hydroxylation is 2. The third-order valence-corrected chi connectivity index (χ3v) is 8.12. The second kappa shape index (κ2) is 12.0. The Bertz CT molecular complexity index is 1520. The topological polar surface area (TPSA) is 125 Å². The summed E-state index contributed by atoms with van der Waals surface area (Å²) in [6.45, 7) is 3.75. The van der Waals surface area contributed by atoms with E-state index in [-0.39, 0.29) is 42.9 Å². The van der Waals surface area contributed by atoms with E-state index in [1.54, 1.807) is 23.1 Å². The monoisotopic (exact) mass is 596 g/mol. The summed E-state index contributed by atoms with van der Waals surface area (Å²) in [6.07, 6.45) is 1.29. The van der Waals surface area contributed by atoms with Gasteiger partial charge in [-0.3, -0.25) is 14.5 Å². The van der Waals surface area contributed by atoms with Crippen LogP contribution in [0.1, 0.15) is 58.4 Å². The molecule has 1 unspecified atom stereocenters. The molecule has 220 valence electrons. The number of carboxylic acids is 2. The molecule has 0 aromatic heterocycles. The van der Waals surface area contributed by atoms with Crippen molar-refractivity contribution in [1.82, 2.24) is 4.90 Å². The average Bonchev–Trinajstić information content (AvgIpc) is 3.59. The van der Waals surface area contributed by atoms with Crippen molar-refractivity contribution in [2.75, 3.05) is 25.2 Å². The number of halogens is 2. The first-order chi connectivity index (χ1) is 20.1. The molecule has 0 bridgehead atoms. The second-order valence-electron chi connectivity index (χ2n) is 10.4. The zero-order valence-electron chi connectivity index (χ0n) is 23.0. The van der Waals surface area contributed by atoms with Gasteiger partial charge in [0.25, 0.3) is 0 Å². The van der Waals surface area contributed by atoms with Crippen LogP contribution in [-0.4, -0.2) is 52.8 Å². The van der Waals surface area contributed by atoms with Gasteiger partial charge in [-0.25, -0.2) is 9.18 Å². The van der Waals surface area contributed by atoms with Crippen LogP contribution >= 0.6 is 11.6 Å². The lowest BCUT2D eigenvalue weighted by Crippen LogP contribution is -2.35. The summed E-state index contributed by atoms with van der Waals surface area (Å²) >= 11 is 6.28. The Morgan fingerprint density at radius 3 is 2.26 bits per heavy atom. The summed E-state index contributed by atoms with van der Waals surface area (Å²) in [5.41, 5.74) is 3.42. The van der Waals surface area contributed by atoms with Crippen LogP contribution in [0.15, 0.2) is 48.5 Å². The van der Waals surface area contributed by atoms with Gasteiger partial charge in [-0.05, 0) is 71.5 Å². The van der Waals surface area contributed by atoms with E-state index in [0.717, 1.165) is 11.1 Å². The van der Waals surface area contributed by atoms with Gasteiger partial charge in [0.05, 0.1) is 18.0 Å². The number of ether oxygens (including phenoxy) is 2. The largest absolute Gasteiger partial charge is 0.481 e. The first kappa shape index (κ1) is 29.3. The Balaban J connectivity index is 1.52. The van der Waals surface area contributed by atoms with Crippen molar-refractivity contribution >= 4 is 35.1 Å². The van der Waals surface area contributed by atoms with E-state index in [1.807, 2.05) is 26.0 Å². The molecule has 3 atom stereocenters. The third-order valence-electron chi connectivity index (χ3n) is 7.90. The smallest absolute Gasteiger partial charge is 0.335 e. The lowest BCUT2D eigenvalue weighted by Gasteiger charge is -2.27. The summed E-state index contributed by atoms with van der Waals surface area (Å²) in [6, 6.07) is 11.5. The Kier molecular flexibility index (Phi) is 8.38. The standard InChI is InChI=1S/C31H30ClFN2O7/c1-3-16-9-21(32)10-17(4-2)27(16)34-25(36)14-35-13-22(20-11-23(33)29-24(12-20)41-15-42-29)26(31(39)40)28(35)18-5-7-19(8-6-18)30(37)38/h5-12,22,26,28H,3-4,13-15H2,1-2H3,(H,34,36)(H,37,38)(H,39,40)/t22-,26?,28+/m1/s1. The molecule has 0 radical (unpaired) electrons. The third kappa shape index (κ3) is 5.64. The molecule has 0 spiro atoms. The van der Waals surface area contributed by atoms with E-state index >= 15 is 0 Å². The highest BCUT2D eigenvalue weighted by Crippen LogP contribution is 2.48. The van der Waals surface area contributed by atoms with Crippen LogP contribution in [0, 0.1) is 11.7 Å². The molecule has 2 aliphatic heterocycles. The zero-order chi connectivity index (χ0) is 30.1. The molecule has 5 rings (SSSR count). The van der Waals surface area contributed by atoms with E-state index in [4.69, 9.17) is 21.1 Å². The number of nitrogens with zero attached hydrogens (tertiary/aromatic N) is 1. The predicted octanol–water partition coefficient (Wildman–Crippen LogP) is 5.51. The average molecular weight is 597 g/mol. The van der Waals surface area contributed by atoms with Crippen LogP contribution in [0.2, 0.25) is 5.02 Å². The minimum Gasteiger partial charge on any atom is -0.481 e. The number of aromatic carboxylic acids is 1. The van der Waals surface area contributed by atoms with Gasteiger partial charge < -0.3 is 25.0 Å². The molecule has 3 aromatic carbocycles. The molecule has 2 heterocycles. The van der Waals surface area contributed by atoms with Crippen molar-refractivity contribution in [3.8, 4) is 11.5 Å². The fraction of sp³-hybridized carbons (Fsp3) is 0.323. The van der Waals surface area contributed by atoms with Crippen LogP contribution in [0.5, 0.6) is 11.5 Å². The number of aliphatic carboxylic acids is 1. The maximum atomic E-state index is 14.9. The van der Waals surface area contributed by atoms with E-state index < -0.39 is 35.6 Å². The molecule has 3 aromatic rings. The Morgan fingerprint density at radius 2 is 1.67 bits per heavy atom. The summed E-state index contributed by atoms with van der Waals surface area (Å²) in [4.78, 5) is 39.5. The van der Waals surface area contributed by atoms with Crippen molar-refractivity contribution in [3.63, 3.8) is 0 Å². The Hall–Kier alpha value is -4.15. The number of carboxylic acid groups (broad SMARTS) is 2. The van der Waals surface area contributed by atoms with Gasteiger partial charge in [0.2, 0.25) is 18.4 Å². The van der Waals surface area contributed by atoms with Crippen LogP contribution in [-0.2, 0) is 22.4 Å². The summed E-state index contributed by atoms with van der Waals surface area (Å²) < 4.78 is 25.5. The lowest BCUT2D eigenvalue weighted by molar-refractivity contribution is -0.143. The summed E-state index contributed by atoms with van der Waals surface area (Å²) in [7, 11) is 0. The number of likely N-dealkylation sites (tertiary alicyclic amines) is 1. The fourth-order valence-corrected chi connectivity index (χ4v) is 6.22. The predicted molar refractivity (Wildman–Crippen MR) is 153 cm³/mol. The Labute approximate surface area is 246 Å². The van der Waals surface area contributed by atoms with Crippen LogP contribution < -0.4 is 14.8 Å². The maximum absolute atomic E-state index is 14.9. The zero-order valence-corrected chi connectivity index (χ0v) is 23.8. The number of carbonyl (C=O) groups excluding carboxylic acids is 1. The number of hydrogen-bond donors (Lipinski definition) is 3. The quantitative estimate of drug-likeness (QED) is 0.295. The van der Waals surface area contributed by atoms with Gasteiger partial charge >= 0.3 is 11.9 Å².